The summed E-state index contributed by atoms with van der Waals surface area (Å²) in [5.74, 6) is 3.45. The van der Waals surface area contributed by atoms with Gasteiger partial charge in [0, 0.05) is 11.8 Å². The largest absolute Gasteiger partial charge is 0.491 e. The standard InChI is InChI=1S/C20H27NO2/c1-13(2)23-18-5-3-4-17(9-18)21-19(22)20-10-14-6-15(11-20)8-16(7-14)12-20/h3-5,9,13-16H,6-8,10-12H2,1-2H3,(H,21,22). The number of benzene rings is 1. The summed E-state index contributed by atoms with van der Waals surface area (Å²) in [6, 6.07) is 7.80. The molecule has 0 atom stereocenters. The third-order valence-corrected chi connectivity index (χ3v) is 5.98. The molecule has 1 aromatic carbocycles. The third kappa shape index (κ3) is 2.86. The molecule has 0 heterocycles. The Morgan fingerprint density at radius 1 is 1.13 bits per heavy atom. The second-order valence-corrected chi connectivity index (χ2v) is 8.35. The van der Waals surface area contributed by atoms with Gasteiger partial charge in [0.1, 0.15) is 5.75 Å². The summed E-state index contributed by atoms with van der Waals surface area (Å²) in [5.41, 5.74) is 0.771. The van der Waals surface area contributed by atoms with E-state index in [1.54, 1.807) is 0 Å². The van der Waals surface area contributed by atoms with Crippen LogP contribution in [0.2, 0.25) is 0 Å². The molecule has 3 heteroatoms. The zero-order chi connectivity index (χ0) is 16.0. The van der Waals surface area contributed by atoms with E-state index in [1.165, 1.54) is 19.3 Å². The molecule has 0 unspecified atom stereocenters. The van der Waals surface area contributed by atoms with E-state index in [2.05, 4.69) is 5.32 Å². The molecule has 3 nitrogen and oxygen atoms in total. The Bertz CT molecular complexity index is 572. The molecule has 4 saturated carbocycles. The highest BCUT2D eigenvalue weighted by molar-refractivity contribution is 5.95. The quantitative estimate of drug-likeness (QED) is 0.880. The Morgan fingerprint density at radius 2 is 1.74 bits per heavy atom. The predicted molar refractivity (Wildman–Crippen MR) is 91.4 cm³/mol. The van der Waals surface area contributed by atoms with Gasteiger partial charge in [-0.05, 0) is 82.3 Å². The number of ether oxygens (including phenoxy) is 1. The number of carbonyl (C=O) groups excluding carboxylic acids is 1. The molecule has 1 aromatic rings. The molecule has 23 heavy (non-hydrogen) atoms. The maximum atomic E-state index is 13.0. The van der Waals surface area contributed by atoms with Crippen molar-refractivity contribution in [1.29, 1.82) is 0 Å². The molecular formula is C20H27NO2. The second kappa shape index (κ2) is 5.54. The maximum absolute atomic E-state index is 13.0. The maximum Gasteiger partial charge on any atom is 0.230 e. The average Bonchev–Trinajstić information content (AvgIpc) is 2.45. The van der Waals surface area contributed by atoms with Crippen molar-refractivity contribution in [3.8, 4) is 5.75 Å². The van der Waals surface area contributed by atoms with Gasteiger partial charge in [-0.1, -0.05) is 6.07 Å². The van der Waals surface area contributed by atoms with Gasteiger partial charge in [-0.25, -0.2) is 0 Å². The zero-order valence-corrected chi connectivity index (χ0v) is 14.2. The monoisotopic (exact) mass is 313 g/mol. The summed E-state index contributed by atoms with van der Waals surface area (Å²) in [7, 11) is 0. The fourth-order valence-corrected chi connectivity index (χ4v) is 5.57. The molecule has 0 saturated heterocycles. The minimum absolute atomic E-state index is 0.0936. The van der Waals surface area contributed by atoms with Crippen LogP contribution in [0.4, 0.5) is 5.69 Å². The van der Waals surface area contributed by atoms with Gasteiger partial charge in [-0.15, -0.1) is 0 Å². The van der Waals surface area contributed by atoms with E-state index in [0.717, 1.165) is 48.5 Å². The molecule has 0 aliphatic heterocycles. The molecular weight excluding hydrogens is 286 g/mol. The first-order valence-electron chi connectivity index (χ1n) is 9.10. The Kier molecular flexibility index (Phi) is 3.62. The highest BCUT2D eigenvalue weighted by Crippen LogP contribution is 2.60. The van der Waals surface area contributed by atoms with Crippen molar-refractivity contribution in [2.24, 2.45) is 23.2 Å². The number of rotatable bonds is 4. The lowest BCUT2D eigenvalue weighted by atomic mass is 9.49. The summed E-state index contributed by atoms with van der Waals surface area (Å²) >= 11 is 0. The Balaban J connectivity index is 1.50. The van der Waals surface area contributed by atoms with Crippen molar-refractivity contribution in [1.82, 2.24) is 0 Å². The van der Waals surface area contributed by atoms with Crippen LogP contribution in [-0.4, -0.2) is 12.0 Å². The van der Waals surface area contributed by atoms with Crippen LogP contribution in [0, 0.1) is 23.2 Å². The van der Waals surface area contributed by atoms with Gasteiger partial charge in [0.15, 0.2) is 0 Å². The molecule has 4 aliphatic rings. The van der Waals surface area contributed by atoms with Gasteiger partial charge in [-0.3, -0.25) is 4.79 Å². The molecule has 1 amide bonds. The molecule has 4 fully saturated rings. The molecule has 5 rings (SSSR count). The van der Waals surface area contributed by atoms with Crippen LogP contribution in [0.25, 0.3) is 0 Å². The van der Waals surface area contributed by atoms with Crippen LogP contribution in [-0.2, 0) is 4.79 Å². The molecule has 0 radical (unpaired) electrons. The lowest BCUT2D eigenvalue weighted by Gasteiger charge is -2.55. The predicted octanol–water partition coefficient (Wildman–Crippen LogP) is 4.63. The first-order chi connectivity index (χ1) is 11.0. The van der Waals surface area contributed by atoms with Crippen LogP contribution in [0.1, 0.15) is 52.4 Å². The topological polar surface area (TPSA) is 38.3 Å². The van der Waals surface area contributed by atoms with Crippen LogP contribution >= 0.6 is 0 Å². The Morgan fingerprint density at radius 3 is 2.30 bits per heavy atom. The molecule has 4 aliphatic carbocycles. The summed E-state index contributed by atoms with van der Waals surface area (Å²) in [4.78, 5) is 13.0. The first kappa shape index (κ1) is 15.0. The van der Waals surface area contributed by atoms with Gasteiger partial charge < -0.3 is 10.1 Å². The van der Waals surface area contributed by atoms with E-state index < -0.39 is 0 Å². The van der Waals surface area contributed by atoms with Crippen LogP contribution < -0.4 is 10.1 Å². The lowest BCUT2D eigenvalue weighted by Crippen LogP contribution is -2.51. The van der Waals surface area contributed by atoms with E-state index in [0.29, 0.717) is 0 Å². The summed E-state index contributed by atoms with van der Waals surface area (Å²) in [6.07, 6.45) is 7.55. The van der Waals surface area contributed by atoms with Crippen molar-refractivity contribution >= 4 is 11.6 Å². The van der Waals surface area contributed by atoms with Crippen molar-refractivity contribution < 1.29 is 9.53 Å². The second-order valence-electron chi connectivity index (χ2n) is 8.35. The molecule has 0 aromatic heterocycles. The number of carbonyl (C=O) groups is 1. The Hall–Kier alpha value is -1.51. The van der Waals surface area contributed by atoms with Crippen LogP contribution in [0.5, 0.6) is 5.75 Å². The first-order valence-corrected chi connectivity index (χ1v) is 9.10. The zero-order valence-electron chi connectivity index (χ0n) is 14.2. The van der Waals surface area contributed by atoms with Gasteiger partial charge in [0.25, 0.3) is 0 Å². The fraction of sp³-hybridized carbons (Fsp3) is 0.650. The Labute approximate surface area is 138 Å². The highest BCUT2D eigenvalue weighted by atomic mass is 16.5. The van der Waals surface area contributed by atoms with Crippen molar-refractivity contribution in [2.75, 3.05) is 5.32 Å². The van der Waals surface area contributed by atoms with Gasteiger partial charge >= 0.3 is 0 Å². The number of hydrogen-bond donors (Lipinski definition) is 1. The third-order valence-electron chi connectivity index (χ3n) is 5.98. The molecule has 0 spiro atoms. The van der Waals surface area contributed by atoms with E-state index in [4.69, 9.17) is 4.74 Å². The summed E-state index contributed by atoms with van der Waals surface area (Å²) in [6.45, 7) is 4.03. The van der Waals surface area contributed by atoms with Gasteiger partial charge in [0.05, 0.1) is 11.5 Å². The molecule has 1 N–H and O–H groups in total. The number of anilines is 1. The average molecular weight is 313 g/mol. The normalized spacial score (nSPS) is 34.7. The van der Waals surface area contributed by atoms with E-state index in [-0.39, 0.29) is 17.4 Å². The lowest BCUT2D eigenvalue weighted by molar-refractivity contribution is -0.140. The van der Waals surface area contributed by atoms with E-state index >= 15 is 0 Å². The fourth-order valence-electron chi connectivity index (χ4n) is 5.57. The van der Waals surface area contributed by atoms with Crippen molar-refractivity contribution in [3.63, 3.8) is 0 Å². The summed E-state index contributed by atoms with van der Waals surface area (Å²) < 4.78 is 5.73. The van der Waals surface area contributed by atoms with Crippen LogP contribution in [0.3, 0.4) is 0 Å². The number of nitrogens with one attached hydrogen (secondary N) is 1. The van der Waals surface area contributed by atoms with Crippen molar-refractivity contribution in [3.05, 3.63) is 24.3 Å². The minimum atomic E-state index is -0.0936. The molecule has 124 valence electrons. The van der Waals surface area contributed by atoms with Crippen LogP contribution in [0.15, 0.2) is 24.3 Å². The van der Waals surface area contributed by atoms with Gasteiger partial charge in [0.2, 0.25) is 5.91 Å². The highest BCUT2D eigenvalue weighted by Gasteiger charge is 2.54. The summed E-state index contributed by atoms with van der Waals surface area (Å²) in [5, 5.41) is 3.19. The van der Waals surface area contributed by atoms with E-state index in [1.807, 2.05) is 38.1 Å². The SMILES string of the molecule is CC(C)Oc1cccc(NC(=O)C23CC4CC(CC(C4)C2)C3)c1. The van der Waals surface area contributed by atoms with Crippen molar-refractivity contribution in [2.45, 2.75) is 58.5 Å². The number of hydrogen-bond acceptors (Lipinski definition) is 2. The molecule has 4 bridgehead atoms. The number of amides is 1. The minimum Gasteiger partial charge on any atom is -0.491 e. The smallest absolute Gasteiger partial charge is 0.230 e. The van der Waals surface area contributed by atoms with E-state index in [9.17, 15) is 4.79 Å². The van der Waals surface area contributed by atoms with Gasteiger partial charge in [-0.2, -0.15) is 0 Å².